The number of halogens is 1. The van der Waals surface area contributed by atoms with E-state index in [1.165, 1.54) is 11.6 Å². The van der Waals surface area contributed by atoms with Crippen LogP contribution in [0.25, 0.3) is 0 Å². The first-order chi connectivity index (χ1) is 12.2. The van der Waals surface area contributed by atoms with Crippen molar-refractivity contribution in [2.45, 2.75) is 19.0 Å². The molecule has 1 aliphatic rings. The molecule has 134 valence electrons. The maximum Gasteiger partial charge on any atom is 0.146 e. The SMILES string of the molecule is COc1ccc(F)c(NCC[C@@H]2CN(Cc3ccccc3)CCN2)c1. The Kier molecular flexibility index (Phi) is 6.25. The Balaban J connectivity index is 1.47. The molecule has 2 aromatic rings. The summed E-state index contributed by atoms with van der Waals surface area (Å²) >= 11 is 0. The Morgan fingerprint density at radius 3 is 2.88 bits per heavy atom. The summed E-state index contributed by atoms with van der Waals surface area (Å²) in [6.45, 7) is 4.77. The van der Waals surface area contributed by atoms with E-state index >= 15 is 0 Å². The quantitative estimate of drug-likeness (QED) is 0.810. The molecule has 0 bridgehead atoms. The molecular formula is C20H26FN3O. The van der Waals surface area contributed by atoms with Gasteiger partial charge in [0.15, 0.2) is 0 Å². The predicted molar refractivity (Wildman–Crippen MR) is 99.6 cm³/mol. The fourth-order valence-corrected chi connectivity index (χ4v) is 3.22. The van der Waals surface area contributed by atoms with Crippen molar-refractivity contribution in [2.75, 3.05) is 38.6 Å². The highest BCUT2D eigenvalue weighted by atomic mass is 19.1. The number of ether oxygens (including phenoxy) is 1. The summed E-state index contributed by atoms with van der Waals surface area (Å²) in [5.74, 6) is 0.414. The van der Waals surface area contributed by atoms with Crippen molar-refractivity contribution in [1.29, 1.82) is 0 Å². The van der Waals surface area contributed by atoms with Crippen LogP contribution in [0.15, 0.2) is 48.5 Å². The molecule has 0 radical (unpaired) electrons. The van der Waals surface area contributed by atoms with Crippen LogP contribution in [0, 0.1) is 5.82 Å². The Morgan fingerprint density at radius 2 is 2.08 bits per heavy atom. The lowest BCUT2D eigenvalue weighted by atomic mass is 10.1. The highest BCUT2D eigenvalue weighted by Crippen LogP contribution is 2.21. The number of benzene rings is 2. The van der Waals surface area contributed by atoms with E-state index in [0.717, 1.165) is 39.1 Å². The van der Waals surface area contributed by atoms with Crippen LogP contribution in [-0.4, -0.2) is 44.2 Å². The van der Waals surface area contributed by atoms with Gasteiger partial charge in [0, 0.05) is 44.8 Å². The molecule has 1 heterocycles. The van der Waals surface area contributed by atoms with Crippen molar-refractivity contribution in [3.63, 3.8) is 0 Å². The van der Waals surface area contributed by atoms with Gasteiger partial charge < -0.3 is 15.4 Å². The van der Waals surface area contributed by atoms with E-state index in [0.29, 0.717) is 17.5 Å². The number of hydrogen-bond acceptors (Lipinski definition) is 4. The molecule has 0 aromatic heterocycles. The summed E-state index contributed by atoms with van der Waals surface area (Å²) in [7, 11) is 1.59. The second kappa shape index (κ2) is 8.83. The fraction of sp³-hybridized carbons (Fsp3) is 0.400. The molecule has 0 amide bonds. The standard InChI is InChI=1S/C20H26FN3O/c1-25-18-7-8-19(21)20(13-18)23-10-9-17-15-24(12-11-22-17)14-16-5-3-2-4-6-16/h2-8,13,17,22-23H,9-12,14-15H2,1H3/t17-/m1/s1. The fourth-order valence-electron chi connectivity index (χ4n) is 3.22. The van der Waals surface area contributed by atoms with Crippen LogP contribution >= 0.6 is 0 Å². The maximum atomic E-state index is 13.8. The van der Waals surface area contributed by atoms with Gasteiger partial charge in [-0.15, -0.1) is 0 Å². The van der Waals surface area contributed by atoms with E-state index in [1.54, 1.807) is 19.2 Å². The summed E-state index contributed by atoms with van der Waals surface area (Å²) in [6.07, 6.45) is 0.946. The minimum atomic E-state index is -0.247. The van der Waals surface area contributed by atoms with Crippen molar-refractivity contribution in [3.05, 3.63) is 59.9 Å². The summed E-state index contributed by atoms with van der Waals surface area (Å²) < 4.78 is 19.0. The average molecular weight is 343 g/mol. The van der Waals surface area contributed by atoms with Crippen LogP contribution in [0.4, 0.5) is 10.1 Å². The van der Waals surface area contributed by atoms with E-state index in [1.807, 2.05) is 6.07 Å². The number of piperazine rings is 1. The Hall–Kier alpha value is -2.11. The number of anilines is 1. The first kappa shape index (κ1) is 17.7. The smallest absolute Gasteiger partial charge is 0.146 e. The predicted octanol–water partition coefficient (Wildman–Crippen LogP) is 3.11. The zero-order valence-corrected chi connectivity index (χ0v) is 14.7. The van der Waals surface area contributed by atoms with E-state index in [-0.39, 0.29) is 5.82 Å². The van der Waals surface area contributed by atoms with Crippen LogP contribution in [0.1, 0.15) is 12.0 Å². The number of rotatable bonds is 7. The number of nitrogens with one attached hydrogen (secondary N) is 2. The molecule has 2 aromatic carbocycles. The van der Waals surface area contributed by atoms with Crippen molar-refractivity contribution in [1.82, 2.24) is 10.2 Å². The van der Waals surface area contributed by atoms with Gasteiger partial charge in [-0.1, -0.05) is 30.3 Å². The Labute approximate surface area is 149 Å². The molecule has 0 spiro atoms. The summed E-state index contributed by atoms with van der Waals surface area (Å²) in [5, 5.41) is 6.74. The van der Waals surface area contributed by atoms with Gasteiger partial charge in [0.05, 0.1) is 12.8 Å². The average Bonchev–Trinajstić information content (AvgIpc) is 2.64. The Bertz CT molecular complexity index is 665. The van der Waals surface area contributed by atoms with Gasteiger partial charge in [-0.3, -0.25) is 4.90 Å². The second-order valence-electron chi connectivity index (χ2n) is 6.43. The van der Waals surface area contributed by atoms with Gasteiger partial charge in [0.1, 0.15) is 11.6 Å². The largest absolute Gasteiger partial charge is 0.497 e. The minimum Gasteiger partial charge on any atom is -0.497 e. The lowest BCUT2D eigenvalue weighted by molar-refractivity contribution is 0.189. The number of hydrogen-bond donors (Lipinski definition) is 2. The zero-order chi connectivity index (χ0) is 17.5. The second-order valence-corrected chi connectivity index (χ2v) is 6.43. The summed E-state index contributed by atoms with van der Waals surface area (Å²) in [5.41, 5.74) is 1.84. The molecule has 1 fully saturated rings. The van der Waals surface area contributed by atoms with Gasteiger partial charge in [-0.25, -0.2) is 4.39 Å². The molecule has 5 heteroatoms. The molecule has 25 heavy (non-hydrogen) atoms. The molecule has 1 saturated heterocycles. The maximum absolute atomic E-state index is 13.8. The first-order valence-electron chi connectivity index (χ1n) is 8.81. The molecule has 0 saturated carbocycles. The molecule has 0 unspecified atom stereocenters. The minimum absolute atomic E-state index is 0.247. The zero-order valence-electron chi connectivity index (χ0n) is 14.7. The van der Waals surface area contributed by atoms with Crippen LogP contribution in [0.5, 0.6) is 5.75 Å². The van der Waals surface area contributed by atoms with Gasteiger partial charge in [0.25, 0.3) is 0 Å². The van der Waals surface area contributed by atoms with Crippen molar-refractivity contribution in [3.8, 4) is 5.75 Å². The monoisotopic (exact) mass is 343 g/mol. The van der Waals surface area contributed by atoms with Crippen molar-refractivity contribution >= 4 is 5.69 Å². The molecule has 4 nitrogen and oxygen atoms in total. The van der Waals surface area contributed by atoms with Gasteiger partial charge in [-0.05, 0) is 24.1 Å². The van der Waals surface area contributed by atoms with Gasteiger partial charge in [0.2, 0.25) is 0 Å². The molecule has 1 atom stereocenters. The van der Waals surface area contributed by atoms with E-state index < -0.39 is 0 Å². The highest BCUT2D eigenvalue weighted by molar-refractivity contribution is 5.49. The third kappa shape index (κ3) is 5.18. The van der Waals surface area contributed by atoms with E-state index in [2.05, 4.69) is 39.8 Å². The van der Waals surface area contributed by atoms with Crippen LogP contribution in [0.2, 0.25) is 0 Å². The van der Waals surface area contributed by atoms with E-state index in [4.69, 9.17) is 4.74 Å². The van der Waals surface area contributed by atoms with Gasteiger partial charge in [-0.2, -0.15) is 0 Å². The molecule has 3 rings (SSSR count). The summed E-state index contributed by atoms with van der Waals surface area (Å²) in [6, 6.07) is 15.7. The molecule has 1 aliphatic heterocycles. The molecular weight excluding hydrogens is 317 g/mol. The van der Waals surface area contributed by atoms with Gasteiger partial charge >= 0.3 is 0 Å². The highest BCUT2D eigenvalue weighted by Gasteiger charge is 2.19. The Morgan fingerprint density at radius 1 is 1.24 bits per heavy atom. The van der Waals surface area contributed by atoms with E-state index in [9.17, 15) is 4.39 Å². The third-order valence-electron chi connectivity index (χ3n) is 4.57. The normalized spacial score (nSPS) is 18.1. The number of methoxy groups -OCH3 is 1. The van der Waals surface area contributed by atoms with Crippen molar-refractivity contribution in [2.24, 2.45) is 0 Å². The van der Waals surface area contributed by atoms with Crippen LogP contribution < -0.4 is 15.4 Å². The summed E-state index contributed by atoms with van der Waals surface area (Å²) in [4.78, 5) is 2.47. The topological polar surface area (TPSA) is 36.5 Å². The first-order valence-corrected chi connectivity index (χ1v) is 8.81. The van der Waals surface area contributed by atoms with Crippen LogP contribution in [-0.2, 0) is 6.54 Å². The molecule has 2 N–H and O–H groups in total. The number of nitrogens with zero attached hydrogens (tertiary/aromatic N) is 1. The van der Waals surface area contributed by atoms with Crippen molar-refractivity contribution < 1.29 is 9.13 Å². The lowest BCUT2D eigenvalue weighted by Gasteiger charge is -2.34. The third-order valence-corrected chi connectivity index (χ3v) is 4.57. The van der Waals surface area contributed by atoms with Crippen LogP contribution in [0.3, 0.4) is 0 Å². The molecule has 0 aliphatic carbocycles. The lowest BCUT2D eigenvalue weighted by Crippen LogP contribution is -2.50.